The Bertz CT molecular complexity index is 360. The predicted molar refractivity (Wildman–Crippen MR) is 77.4 cm³/mol. The third kappa shape index (κ3) is 4.30. The zero-order valence-electron chi connectivity index (χ0n) is 12.0. The van der Waals surface area contributed by atoms with Crippen molar-refractivity contribution in [2.45, 2.75) is 38.8 Å². The first-order chi connectivity index (χ1) is 9.33. The first kappa shape index (κ1) is 14.5. The highest BCUT2D eigenvalue weighted by molar-refractivity contribution is 5.25. The van der Waals surface area contributed by atoms with Crippen LogP contribution in [0.3, 0.4) is 0 Å². The third-order valence-corrected chi connectivity index (χ3v) is 3.48. The van der Waals surface area contributed by atoms with Gasteiger partial charge in [-0.05, 0) is 24.1 Å². The first-order valence-corrected chi connectivity index (χ1v) is 7.35. The quantitative estimate of drug-likeness (QED) is 0.782. The molecule has 1 aromatic carbocycles. The molecule has 1 N–H and O–H groups in total. The SMILES string of the molecule is CCCc1ccc(C(COC2COC2)NCC)cc1. The van der Waals surface area contributed by atoms with Gasteiger partial charge in [0, 0.05) is 0 Å². The van der Waals surface area contributed by atoms with Crippen LogP contribution in [0.2, 0.25) is 0 Å². The van der Waals surface area contributed by atoms with E-state index in [0.29, 0.717) is 6.10 Å². The maximum Gasteiger partial charge on any atom is 0.104 e. The molecular weight excluding hydrogens is 238 g/mol. The molecule has 0 bridgehead atoms. The minimum absolute atomic E-state index is 0.279. The van der Waals surface area contributed by atoms with Gasteiger partial charge < -0.3 is 14.8 Å². The molecule has 0 aromatic heterocycles. The topological polar surface area (TPSA) is 30.5 Å². The van der Waals surface area contributed by atoms with Crippen LogP contribution in [-0.4, -0.2) is 32.5 Å². The lowest BCUT2D eigenvalue weighted by Gasteiger charge is -2.28. The van der Waals surface area contributed by atoms with E-state index in [2.05, 4.69) is 43.4 Å². The molecule has 0 amide bonds. The number of hydrogen-bond acceptors (Lipinski definition) is 3. The maximum absolute atomic E-state index is 5.84. The molecule has 1 unspecified atom stereocenters. The smallest absolute Gasteiger partial charge is 0.104 e. The maximum atomic E-state index is 5.84. The predicted octanol–water partition coefficient (Wildman–Crippen LogP) is 2.71. The second-order valence-corrected chi connectivity index (χ2v) is 5.09. The Balaban J connectivity index is 1.91. The molecule has 106 valence electrons. The Hall–Kier alpha value is -0.900. The normalized spacial score (nSPS) is 17.2. The van der Waals surface area contributed by atoms with E-state index in [9.17, 15) is 0 Å². The average Bonchev–Trinajstić information content (AvgIpc) is 2.37. The molecule has 1 aliphatic rings. The van der Waals surface area contributed by atoms with Crippen molar-refractivity contribution >= 4 is 0 Å². The van der Waals surface area contributed by atoms with Crippen LogP contribution < -0.4 is 5.32 Å². The Kier molecular flexibility index (Phi) is 5.83. The van der Waals surface area contributed by atoms with Crippen molar-refractivity contribution in [1.29, 1.82) is 0 Å². The summed E-state index contributed by atoms with van der Waals surface area (Å²) in [6.07, 6.45) is 2.64. The summed E-state index contributed by atoms with van der Waals surface area (Å²) in [7, 11) is 0. The van der Waals surface area contributed by atoms with E-state index in [-0.39, 0.29) is 6.04 Å². The van der Waals surface area contributed by atoms with Crippen molar-refractivity contribution in [3.8, 4) is 0 Å². The molecule has 1 atom stereocenters. The van der Waals surface area contributed by atoms with Gasteiger partial charge in [0.15, 0.2) is 0 Å². The molecule has 1 saturated heterocycles. The van der Waals surface area contributed by atoms with Gasteiger partial charge in [0.1, 0.15) is 6.10 Å². The summed E-state index contributed by atoms with van der Waals surface area (Å²) in [5, 5.41) is 3.49. The van der Waals surface area contributed by atoms with Crippen molar-refractivity contribution in [1.82, 2.24) is 5.32 Å². The van der Waals surface area contributed by atoms with E-state index in [1.807, 2.05) is 0 Å². The summed E-state index contributed by atoms with van der Waals surface area (Å²) >= 11 is 0. The molecule has 3 heteroatoms. The number of rotatable bonds is 8. The van der Waals surface area contributed by atoms with Crippen LogP contribution in [0.5, 0.6) is 0 Å². The zero-order valence-corrected chi connectivity index (χ0v) is 12.0. The molecule has 1 fully saturated rings. The summed E-state index contributed by atoms with van der Waals surface area (Å²) in [5.41, 5.74) is 2.72. The van der Waals surface area contributed by atoms with Gasteiger partial charge in [-0.3, -0.25) is 0 Å². The molecule has 1 aromatic rings. The molecule has 1 heterocycles. The number of benzene rings is 1. The molecule has 0 saturated carbocycles. The van der Waals surface area contributed by atoms with Crippen molar-refractivity contribution in [3.05, 3.63) is 35.4 Å². The largest absolute Gasteiger partial charge is 0.376 e. The van der Waals surface area contributed by atoms with E-state index in [1.54, 1.807) is 0 Å². The van der Waals surface area contributed by atoms with Gasteiger partial charge in [-0.1, -0.05) is 44.5 Å². The molecule has 3 nitrogen and oxygen atoms in total. The lowest BCUT2D eigenvalue weighted by Crippen LogP contribution is -2.38. The molecular formula is C16H25NO2. The fourth-order valence-corrected chi connectivity index (χ4v) is 2.27. The van der Waals surface area contributed by atoms with Gasteiger partial charge >= 0.3 is 0 Å². The van der Waals surface area contributed by atoms with E-state index in [0.717, 1.165) is 32.8 Å². The van der Waals surface area contributed by atoms with Crippen molar-refractivity contribution in [2.24, 2.45) is 0 Å². The first-order valence-electron chi connectivity index (χ1n) is 7.35. The van der Waals surface area contributed by atoms with Crippen LogP contribution in [0.25, 0.3) is 0 Å². The van der Waals surface area contributed by atoms with Crippen molar-refractivity contribution in [3.63, 3.8) is 0 Å². The summed E-state index contributed by atoms with van der Waals surface area (Å²) in [5.74, 6) is 0. The Morgan fingerprint density at radius 3 is 2.53 bits per heavy atom. The highest BCUT2D eigenvalue weighted by Gasteiger charge is 2.21. The van der Waals surface area contributed by atoms with Gasteiger partial charge in [-0.15, -0.1) is 0 Å². The van der Waals surface area contributed by atoms with Gasteiger partial charge in [-0.2, -0.15) is 0 Å². The lowest BCUT2D eigenvalue weighted by molar-refractivity contribution is -0.133. The highest BCUT2D eigenvalue weighted by atomic mass is 16.6. The van der Waals surface area contributed by atoms with Crippen LogP contribution in [0, 0.1) is 0 Å². The Morgan fingerprint density at radius 1 is 1.26 bits per heavy atom. The van der Waals surface area contributed by atoms with E-state index in [1.165, 1.54) is 17.5 Å². The number of ether oxygens (including phenoxy) is 2. The van der Waals surface area contributed by atoms with E-state index < -0.39 is 0 Å². The molecule has 19 heavy (non-hydrogen) atoms. The van der Waals surface area contributed by atoms with Gasteiger partial charge in [0.25, 0.3) is 0 Å². The zero-order chi connectivity index (χ0) is 13.5. The number of likely N-dealkylation sites (N-methyl/N-ethyl adjacent to an activating group) is 1. The standard InChI is InChI=1S/C16H25NO2/c1-3-5-13-6-8-14(9-7-13)16(17-4-2)12-19-15-10-18-11-15/h6-9,15-17H,3-5,10-12H2,1-2H3. The monoisotopic (exact) mass is 263 g/mol. The van der Waals surface area contributed by atoms with Gasteiger partial charge in [-0.25, -0.2) is 0 Å². The summed E-state index contributed by atoms with van der Waals surface area (Å²) < 4.78 is 11.0. The second-order valence-electron chi connectivity index (χ2n) is 5.09. The fraction of sp³-hybridized carbons (Fsp3) is 0.625. The highest BCUT2D eigenvalue weighted by Crippen LogP contribution is 2.17. The summed E-state index contributed by atoms with van der Waals surface area (Å²) in [6.45, 7) is 7.50. The number of hydrogen-bond donors (Lipinski definition) is 1. The molecule has 0 aliphatic carbocycles. The van der Waals surface area contributed by atoms with E-state index >= 15 is 0 Å². The van der Waals surface area contributed by atoms with Crippen LogP contribution in [0.1, 0.15) is 37.4 Å². The molecule has 0 spiro atoms. The molecule has 2 rings (SSSR count). The third-order valence-electron chi connectivity index (χ3n) is 3.48. The Labute approximate surface area is 116 Å². The van der Waals surface area contributed by atoms with Gasteiger partial charge in [0.05, 0.1) is 25.9 Å². The van der Waals surface area contributed by atoms with Crippen LogP contribution >= 0.6 is 0 Å². The van der Waals surface area contributed by atoms with Gasteiger partial charge in [0.2, 0.25) is 0 Å². The Morgan fingerprint density at radius 2 is 2.00 bits per heavy atom. The fourth-order valence-electron chi connectivity index (χ4n) is 2.27. The minimum atomic E-state index is 0.279. The molecule has 1 aliphatic heterocycles. The van der Waals surface area contributed by atoms with Crippen LogP contribution in [0.15, 0.2) is 24.3 Å². The average molecular weight is 263 g/mol. The van der Waals surface area contributed by atoms with Crippen molar-refractivity contribution < 1.29 is 9.47 Å². The van der Waals surface area contributed by atoms with Crippen molar-refractivity contribution in [2.75, 3.05) is 26.4 Å². The summed E-state index contributed by atoms with van der Waals surface area (Å²) in [6, 6.07) is 9.18. The minimum Gasteiger partial charge on any atom is -0.376 e. The van der Waals surface area contributed by atoms with Crippen LogP contribution in [-0.2, 0) is 15.9 Å². The lowest BCUT2D eigenvalue weighted by atomic mass is 10.0. The number of nitrogens with one attached hydrogen (secondary N) is 1. The van der Waals surface area contributed by atoms with E-state index in [4.69, 9.17) is 9.47 Å². The number of aryl methyl sites for hydroxylation is 1. The second kappa shape index (κ2) is 7.63. The molecule has 0 radical (unpaired) electrons. The van der Waals surface area contributed by atoms with Crippen LogP contribution in [0.4, 0.5) is 0 Å². The summed E-state index contributed by atoms with van der Waals surface area (Å²) in [4.78, 5) is 0.